The number of fused-ring (bicyclic) bond motifs is 1. The lowest BCUT2D eigenvalue weighted by atomic mass is 9.85. The van der Waals surface area contributed by atoms with E-state index in [0.29, 0.717) is 23.2 Å². The highest BCUT2D eigenvalue weighted by atomic mass is 19.4. The number of para-hydroxylation sites is 1. The summed E-state index contributed by atoms with van der Waals surface area (Å²) in [6.45, 7) is 5.67. The molecule has 7 heteroatoms. The lowest BCUT2D eigenvalue weighted by molar-refractivity contribution is -0.175. The van der Waals surface area contributed by atoms with Crippen LogP contribution in [-0.4, -0.2) is 29.8 Å². The van der Waals surface area contributed by atoms with E-state index in [1.165, 1.54) is 6.20 Å². The van der Waals surface area contributed by atoms with Crippen molar-refractivity contribution in [1.82, 2.24) is 10.3 Å². The van der Waals surface area contributed by atoms with E-state index >= 15 is 0 Å². The highest BCUT2D eigenvalue weighted by Crippen LogP contribution is 2.40. The second kappa shape index (κ2) is 9.73. The van der Waals surface area contributed by atoms with Crippen molar-refractivity contribution in [1.29, 1.82) is 0 Å². The molecule has 0 fully saturated rings. The number of carbonyl (C=O) groups excluding carboxylic acids is 1. The lowest BCUT2D eigenvalue weighted by Gasteiger charge is -2.24. The topological polar surface area (TPSA) is 54.4 Å². The van der Waals surface area contributed by atoms with Gasteiger partial charge in [0.05, 0.1) is 29.2 Å². The van der Waals surface area contributed by atoms with Crippen LogP contribution in [-0.2, 0) is 0 Å². The van der Waals surface area contributed by atoms with Crippen LogP contribution in [0.5, 0.6) is 0 Å². The summed E-state index contributed by atoms with van der Waals surface area (Å²) in [6.07, 6.45) is 4.32. The van der Waals surface area contributed by atoms with E-state index in [4.69, 9.17) is 0 Å². The van der Waals surface area contributed by atoms with Gasteiger partial charge in [-0.3, -0.25) is 14.8 Å². The first-order valence-corrected chi connectivity index (χ1v) is 10.1. The van der Waals surface area contributed by atoms with Crippen LogP contribution >= 0.6 is 0 Å². The predicted octanol–water partition coefficient (Wildman–Crippen LogP) is 5.87. The van der Waals surface area contributed by atoms with Gasteiger partial charge in [0.25, 0.3) is 5.91 Å². The first kappa shape index (κ1) is 22.5. The zero-order valence-electron chi connectivity index (χ0n) is 17.2. The van der Waals surface area contributed by atoms with E-state index < -0.39 is 12.1 Å². The number of aliphatic imine (C=N–C) groups is 1. The van der Waals surface area contributed by atoms with E-state index in [1.807, 2.05) is 25.1 Å². The Labute approximate surface area is 179 Å². The molecule has 0 bridgehead atoms. The average molecular weight is 427 g/mol. The minimum Gasteiger partial charge on any atom is -0.346 e. The Kier molecular flexibility index (Phi) is 7.05. The largest absolute Gasteiger partial charge is 0.392 e. The fraction of sp³-hybridized carbons (Fsp3) is 0.292. The van der Waals surface area contributed by atoms with Crippen molar-refractivity contribution in [2.24, 2.45) is 10.9 Å². The molecule has 1 aromatic carbocycles. The normalized spacial score (nSPS) is 17.6. The number of nitrogens with one attached hydrogen (secondary N) is 1. The summed E-state index contributed by atoms with van der Waals surface area (Å²) in [6, 6.07) is 7.28. The summed E-state index contributed by atoms with van der Waals surface area (Å²) >= 11 is 0. The number of nitrogens with zero attached hydrogens (tertiary/aromatic N) is 2. The SMILES string of the molecule is C=CC=N/C(=C\C)CNC(=O)c1cnc2c(C3=CCC(C(F)(F)F)CC3)cccc2c1. The van der Waals surface area contributed by atoms with E-state index in [0.717, 1.165) is 16.5 Å². The van der Waals surface area contributed by atoms with Crippen LogP contribution in [0.1, 0.15) is 42.1 Å². The monoisotopic (exact) mass is 427 g/mol. The van der Waals surface area contributed by atoms with Gasteiger partial charge in [0.2, 0.25) is 0 Å². The van der Waals surface area contributed by atoms with Crippen LogP contribution in [0.25, 0.3) is 16.5 Å². The summed E-state index contributed by atoms with van der Waals surface area (Å²) in [5, 5.41) is 3.57. The van der Waals surface area contributed by atoms with Gasteiger partial charge in [-0.1, -0.05) is 43.0 Å². The second-order valence-corrected chi connectivity index (χ2v) is 7.32. The van der Waals surface area contributed by atoms with Crippen LogP contribution in [0.2, 0.25) is 0 Å². The summed E-state index contributed by atoms with van der Waals surface area (Å²) in [7, 11) is 0. The lowest BCUT2D eigenvalue weighted by Crippen LogP contribution is -2.25. The van der Waals surface area contributed by atoms with Gasteiger partial charge in [0.15, 0.2) is 0 Å². The minimum atomic E-state index is -4.16. The fourth-order valence-electron chi connectivity index (χ4n) is 3.56. The zero-order chi connectivity index (χ0) is 22.4. The standard InChI is InChI=1S/C24H24F3N3O/c1-3-12-28-20(4-2)15-30-23(31)18-13-17-6-5-7-21(22(17)29-14-18)16-8-10-19(11-9-16)24(25,26)27/h3-8,12-14,19H,1,9-11,15H2,2H3,(H,30,31)/b20-4-,28-12?. The molecule has 0 aliphatic heterocycles. The van der Waals surface area contributed by atoms with Gasteiger partial charge in [0, 0.05) is 23.4 Å². The van der Waals surface area contributed by atoms with E-state index in [-0.39, 0.29) is 25.3 Å². The number of aromatic nitrogens is 1. The van der Waals surface area contributed by atoms with Crippen molar-refractivity contribution < 1.29 is 18.0 Å². The van der Waals surface area contributed by atoms with Crippen LogP contribution in [0.4, 0.5) is 13.2 Å². The molecule has 1 unspecified atom stereocenters. The van der Waals surface area contributed by atoms with Gasteiger partial charge in [-0.2, -0.15) is 13.2 Å². The van der Waals surface area contributed by atoms with E-state index in [9.17, 15) is 18.0 Å². The summed E-state index contributed by atoms with van der Waals surface area (Å²) in [4.78, 5) is 21.2. The molecule has 2 aromatic rings. The zero-order valence-corrected chi connectivity index (χ0v) is 17.2. The van der Waals surface area contributed by atoms with Crippen LogP contribution in [0.15, 0.2) is 66.0 Å². The van der Waals surface area contributed by atoms with Crippen LogP contribution < -0.4 is 5.32 Å². The Hall–Kier alpha value is -3.22. The highest BCUT2D eigenvalue weighted by molar-refractivity contribution is 5.99. The average Bonchev–Trinajstić information content (AvgIpc) is 2.77. The van der Waals surface area contributed by atoms with Crippen molar-refractivity contribution in [3.8, 4) is 0 Å². The molecule has 31 heavy (non-hydrogen) atoms. The first-order valence-electron chi connectivity index (χ1n) is 10.1. The van der Waals surface area contributed by atoms with Gasteiger partial charge in [-0.25, -0.2) is 0 Å². The van der Waals surface area contributed by atoms with E-state index in [2.05, 4.69) is 21.9 Å². The van der Waals surface area contributed by atoms with Gasteiger partial charge < -0.3 is 5.32 Å². The Morgan fingerprint density at radius 1 is 1.39 bits per heavy atom. The quantitative estimate of drug-likeness (QED) is 0.586. The van der Waals surface area contributed by atoms with E-state index in [1.54, 1.807) is 30.5 Å². The summed E-state index contributed by atoms with van der Waals surface area (Å²) in [5.41, 5.74) is 3.47. The van der Waals surface area contributed by atoms with Crippen molar-refractivity contribution in [3.63, 3.8) is 0 Å². The second-order valence-electron chi connectivity index (χ2n) is 7.32. The van der Waals surface area contributed by atoms with Crippen molar-refractivity contribution in [2.45, 2.75) is 32.4 Å². The molecule has 162 valence electrons. The molecular formula is C24H24F3N3O. The highest BCUT2D eigenvalue weighted by Gasteiger charge is 2.39. The minimum absolute atomic E-state index is 0.0165. The molecule has 3 rings (SSSR count). The Bertz CT molecular complexity index is 1070. The Morgan fingerprint density at radius 2 is 2.19 bits per heavy atom. The molecular weight excluding hydrogens is 403 g/mol. The molecule has 1 N–H and O–H groups in total. The van der Waals surface area contributed by atoms with Gasteiger partial charge in [-0.15, -0.1) is 0 Å². The first-order chi connectivity index (χ1) is 14.8. The number of alkyl halides is 3. The third-order valence-corrected chi connectivity index (χ3v) is 5.30. The molecule has 0 radical (unpaired) electrons. The summed E-state index contributed by atoms with van der Waals surface area (Å²) in [5.74, 6) is -1.56. The summed E-state index contributed by atoms with van der Waals surface area (Å²) < 4.78 is 38.8. The Morgan fingerprint density at radius 3 is 2.84 bits per heavy atom. The van der Waals surface area contributed by atoms with Crippen LogP contribution in [0.3, 0.4) is 0 Å². The number of allylic oxidation sites excluding steroid dienone is 4. The third kappa shape index (κ3) is 5.48. The van der Waals surface area contributed by atoms with Crippen molar-refractivity contribution in [2.75, 3.05) is 6.54 Å². The number of amides is 1. The van der Waals surface area contributed by atoms with Crippen molar-refractivity contribution in [3.05, 3.63) is 72.1 Å². The number of hydrogen-bond acceptors (Lipinski definition) is 3. The molecule has 0 spiro atoms. The number of rotatable bonds is 6. The number of halogens is 3. The fourth-order valence-corrected chi connectivity index (χ4v) is 3.56. The molecule has 4 nitrogen and oxygen atoms in total. The number of hydrogen-bond donors (Lipinski definition) is 1. The third-order valence-electron chi connectivity index (χ3n) is 5.30. The molecule has 1 aromatic heterocycles. The van der Waals surface area contributed by atoms with Gasteiger partial charge in [0.1, 0.15) is 0 Å². The molecule has 0 saturated heterocycles. The maximum Gasteiger partial charge on any atom is 0.392 e. The maximum absolute atomic E-state index is 12.9. The number of carbonyl (C=O) groups is 1. The Balaban J connectivity index is 1.79. The predicted molar refractivity (Wildman–Crippen MR) is 118 cm³/mol. The molecule has 1 aliphatic rings. The molecule has 1 heterocycles. The smallest absolute Gasteiger partial charge is 0.346 e. The van der Waals surface area contributed by atoms with Gasteiger partial charge >= 0.3 is 6.18 Å². The molecule has 1 atom stereocenters. The molecule has 0 saturated carbocycles. The van der Waals surface area contributed by atoms with Crippen molar-refractivity contribution >= 4 is 28.6 Å². The van der Waals surface area contributed by atoms with Crippen LogP contribution in [0, 0.1) is 5.92 Å². The maximum atomic E-state index is 12.9. The number of benzene rings is 1. The number of pyridine rings is 1. The molecule has 1 amide bonds. The van der Waals surface area contributed by atoms with Gasteiger partial charge in [-0.05, 0) is 37.8 Å². The molecule has 1 aliphatic carbocycles.